The van der Waals surface area contributed by atoms with Gasteiger partial charge in [-0.05, 0) is 53.3 Å². The van der Waals surface area contributed by atoms with Crippen molar-refractivity contribution in [2.24, 2.45) is 10.9 Å². The highest BCUT2D eigenvalue weighted by Crippen LogP contribution is 2.24. The molecular weight excluding hydrogens is 214 g/mol. The summed E-state index contributed by atoms with van der Waals surface area (Å²) in [6.45, 7) is 3.28. The highest BCUT2D eigenvalue weighted by Gasteiger charge is 2.13. The summed E-state index contributed by atoms with van der Waals surface area (Å²) in [7, 11) is 0. The molecule has 0 fully saturated rings. The number of nitrogens with zero attached hydrogens (tertiary/aromatic N) is 1. The number of fused-ring (bicyclic) bond motifs is 1. The second-order valence-electron chi connectivity index (χ2n) is 4.60. The van der Waals surface area contributed by atoms with Crippen molar-refractivity contribution in [3.05, 3.63) is 35.2 Å². The zero-order valence-electron chi connectivity index (χ0n) is 9.44. The summed E-state index contributed by atoms with van der Waals surface area (Å²) >= 11 is 1.80. The molecule has 1 aliphatic heterocycles. The number of thiophene rings is 1. The van der Waals surface area contributed by atoms with Gasteiger partial charge in [-0.3, -0.25) is 4.99 Å². The van der Waals surface area contributed by atoms with Gasteiger partial charge in [0.1, 0.15) is 0 Å². The largest absolute Gasteiger partial charge is 0.289 e. The van der Waals surface area contributed by atoms with Crippen molar-refractivity contribution in [2.75, 3.05) is 6.54 Å². The molecule has 82 valence electrons. The van der Waals surface area contributed by atoms with Crippen LogP contribution < -0.4 is 0 Å². The van der Waals surface area contributed by atoms with Gasteiger partial charge in [-0.2, -0.15) is 0 Å². The number of hydrogen-bond acceptors (Lipinski definition) is 2. The molecular formula is C14H15NS. The highest BCUT2D eigenvalue weighted by atomic mass is 32.1. The van der Waals surface area contributed by atoms with E-state index in [1.54, 1.807) is 11.3 Å². The first-order valence-electron chi connectivity index (χ1n) is 5.84. The molecule has 3 rings (SSSR count). The van der Waals surface area contributed by atoms with Crippen molar-refractivity contribution in [2.45, 2.75) is 19.8 Å². The summed E-state index contributed by atoms with van der Waals surface area (Å²) in [5.74, 6) is 0.758. The predicted octanol–water partition coefficient (Wildman–Crippen LogP) is 4.12. The van der Waals surface area contributed by atoms with Gasteiger partial charge in [0.25, 0.3) is 0 Å². The smallest absolute Gasteiger partial charge is 0.0421 e. The van der Waals surface area contributed by atoms with Gasteiger partial charge in [-0.25, -0.2) is 0 Å². The highest BCUT2D eigenvalue weighted by molar-refractivity contribution is 7.17. The Morgan fingerprint density at radius 3 is 3.06 bits per heavy atom. The molecule has 1 nitrogen and oxygen atoms in total. The molecule has 2 aromatic rings. The molecule has 2 heteroatoms. The molecule has 0 spiro atoms. The van der Waals surface area contributed by atoms with E-state index >= 15 is 0 Å². The van der Waals surface area contributed by atoms with Gasteiger partial charge in [0.05, 0.1) is 0 Å². The van der Waals surface area contributed by atoms with Gasteiger partial charge in [0, 0.05) is 17.0 Å². The Morgan fingerprint density at radius 1 is 1.31 bits per heavy atom. The molecule has 1 atom stereocenters. The van der Waals surface area contributed by atoms with Crippen LogP contribution in [0.2, 0.25) is 0 Å². The van der Waals surface area contributed by atoms with E-state index in [-0.39, 0.29) is 0 Å². The molecule has 2 heterocycles. The van der Waals surface area contributed by atoms with Crippen molar-refractivity contribution in [3.63, 3.8) is 0 Å². The molecule has 0 saturated carbocycles. The molecule has 1 aromatic heterocycles. The van der Waals surface area contributed by atoms with Crippen molar-refractivity contribution >= 4 is 27.1 Å². The predicted molar refractivity (Wildman–Crippen MR) is 71.6 cm³/mol. The van der Waals surface area contributed by atoms with Gasteiger partial charge >= 0.3 is 0 Å². The zero-order chi connectivity index (χ0) is 11.0. The normalized spacial score (nSPS) is 21.1. The van der Waals surface area contributed by atoms with E-state index < -0.39 is 0 Å². The van der Waals surface area contributed by atoms with Gasteiger partial charge < -0.3 is 0 Å². The Labute approximate surface area is 99.8 Å². The Hall–Kier alpha value is -1.15. The Bertz CT molecular complexity index is 538. The van der Waals surface area contributed by atoms with Gasteiger partial charge in [0.15, 0.2) is 0 Å². The molecule has 0 bridgehead atoms. The average molecular weight is 229 g/mol. The minimum absolute atomic E-state index is 0.758. The van der Waals surface area contributed by atoms with Gasteiger partial charge in [-0.1, -0.05) is 13.0 Å². The lowest BCUT2D eigenvalue weighted by Crippen LogP contribution is -2.14. The minimum atomic E-state index is 0.758. The number of benzene rings is 1. The third-order valence-corrected chi connectivity index (χ3v) is 4.15. The SMILES string of the molecule is CC1CCC(c2ccc3sccc3c2)=NC1. The first-order chi connectivity index (χ1) is 7.83. The van der Waals surface area contributed by atoms with Gasteiger partial charge in [-0.15, -0.1) is 11.3 Å². The van der Waals surface area contributed by atoms with E-state index in [0.717, 1.165) is 18.9 Å². The molecule has 16 heavy (non-hydrogen) atoms. The fourth-order valence-corrected chi connectivity index (χ4v) is 2.97. The summed E-state index contributed by atoms with van der Waals surface area (Å²) in [6.07, 6.45) is 2.41. The lowest BCUT2D eigenvalue weighted by Gasteiger charge is -2.17. The van der Waals surface area contributed by atoms with Crippen molar-refractivity contribution in [1.82, 2.24) is 0 Å². The molecule has 0 amide bonds. The maximum Gasteiger partial charge on any atom is 0.0421 e. The van der Waals surface area contributed by atoms with Crippen LogP contribution in [0.3, 0.4) is 0 Å². The summed E-state index contributed by atoms with van der Waals surface area (Å²) < 4.78 is 1.37. The molecule has 1 aliphatic rings. The van der Waals surface area contributed by atoms with Crippen LogP contribution in [0.4, 0.5) is 0 Å². The monoisotopic (exact) mass is 229 g/mol. The van der Waals surface area contributed by atoms with Crippen LogP contribution in [0.15, 0.2) is 34.6 Å². The molecule has 1 unspecified atom stereocenters. The Balaban J connectivity index is 1.99. The molecule has 1 aromatic carbocycles. The molecule has 0 N–H and O–H groups in total. The maximum atomic E-state index is 4.69. The van der Waals surface area contributed by atoms with Crippen LogP contribution in [-0.4, -0.2) is 12.3 Å². The van der Waals surface area contributed by atoms with E-state index in [0.29, 0.717) is 0 Å². The van der Waals surface area contributed by atoms with Crippen molar-refractivity contribution in [3.8, 4) is 0 Å². The lowest BCUT2D eigenvalue weighted by atomic mass is 9.95. The van der Waals surface area contributed by atoms with Crippen LogP contribution in [0.1, 0.15) is 25.3 Å². The van der Waals surface area contributed by atoms with Crippen LogP contribution in [-0.2, 0) is 0 Å². The fourth-order valence-electron chi connectivity index (χ4n) is 2.20. The van der Waals surface area contributed by atoms with E-state index in [4.69, 9.17) is 4.99 Å². The van der Waals surface area contributed by atoms with E-state index in [1.807, 2.05) is 0 Å². The third-order valence-electron chi connectivity index (χ3n) is 3.25. The van der Waals surface area contributed by atoms with E-state index in [1.165, 1.54) is 27.8 Å². The zero-order valence-corrected chi connectivity index (χ0v) is 10.3. The van der Waals surface area contributed by atoms with E-state index in [2.05, 4.69) is 36.6 Å². The fraction of sp³-hybridized carbons (Fsp3) is 0.357. The number of hydrogen-bond donors (Lipinski definition) is 0. The summed E-state index contributed by atoms with van der Waals surface area (Å²) in [4.78, 5) is 4.69. The summed E-state index contributed by atoms with van der Waals surface area (Å²) in [5.41, 5.74) is 2.61. The quantitative estimate of drug-likeness (QED) is 0.697. The lowest BCUT2D eigenvalue weighted by molar-refractivity contribution is 0.538. The first-order valence-corrected chi connectivity index (χ1v) is 6.72. The van der Waals surface area contributed by atoms with Crippen molar-refractivity contribution in [1.29, 1.82) is 0 Å². The summed E-state index contributed by atoms with van der Waals surface area (Å²) in [6, 6.07) is 8.90. The number of aliphatic imine (C=N–C) groups is 1. The number of rotatable bonds is 1. The molecule has 0 saturated heterocycles. The first kappa shape index (κ1) is 10.0. The Kier molecular flexibility index (Phi) is 2.52. The van der Waals surface area contributed by atoms with Crippen molar-refractivity contribution < 1.29 is 0 Å². The van der Waals surface area contributed by atoms with Crippen LogP contribution in [0, 0.1) is 5.92 Å². The minimum Gasteiger partial charge on any atom is -0.289 e. The third kappa shape index (κ3) is 1.78. The average Bonchev–Trinajstić information content (AvgIpc) is 2.77. The van der Waals surface area contributed by atoms with Crippen LogP contribution >= 0.6 is 11.3 Å². The maximum absolute atomic E-state index is 4.69. The Morgan fingerprint density at radius 2 is 2.25 bits per heavy atom. The summed E-state index contributed by atoms with van der Waals surface area (Å²) in [5, 5.41) is 3.50. The van der Waals surface area contributed by atoms with Gasteiger partial charge in [0.2, 0.25) is 0 Å². The molecule has 0 radical (unpaired) electrons. The van der Waals surface area contributed by atoms with Crippen LogP contribution in [0.25, 0.3) is 10.1 Å². The second-order valence-corrected chi connectivity index (χ2v) is 5.55. The second kappa shape index (κ2) is 4.02. The van der Waals surface area contributed by atoms with Crippen LogP contribution in [0.5, 0.6) is 0 Å². The topological polar surface area (TPSA) is 12.4 Å². The van der Waals surface area contributed by atoms with E-state index in [9.17, 15) is 0 Å². The standard InChI is InChI=1S/C14H15NS/c1-10-2-4-13(15-9-10)11-3-5-14-12(8-11)6-7-16-14/h3,5-8,10H,2,4,9H2,1H3. The molecule has 0 aliphatic carbocycles.